The maximum absolute atomic E-state index is 12.1. The highest BCUT2D eigenvalue weighted by atomic mass is 16.5. The third-order valence-corrected chi connectivity index (χ3v) is 5.05. The molecule has 24 heavy (non-hydrogen) atoms. The zero-order chi connectivity index (χ0) is 16.8. The van der Waals surface area contributed by atoms with Crippen LogP contribution in [0.15, 0.2) is 24.3 Å². The highest BCUT2D eigenvalue weighted by Gasteiger charge is 2.18. The molecule has 0 unspecified atom stereocenters. The molecule has 1 aromatic rings. The first-order chi connectivity index (χ1) is 11.7. The second kappa shape index (κ2) is 8.49. The van der Waals surface area contributed by atoms with Gasteiger partial charge in [0, 0.05) is 11.7 Å². The zero-order valence-corrected chi connectivity index (χ0v) is 14.6. The van der Waals surface area contributed by atoms with Crippen LogP contribution in [0.2, 0.25) is 0 Å². The van der Waals surface area contributed by atoms with E-state index in [1.54, 1.807) is 0 Å². The van der Waals surface area contributed by atoms with Gasteiger partial charge in [0.2, 0.25) is 0 Å². The first-order valence-corrected chi connectivity index (χ1v) is 9.15. The summed E-state index contributed by atoms with van der Waals surface area (Å²) in [6.45, 7) is 2.74. The number of piperidine rings is 1. The van der Waals surface area contributed by atoms with Crippen LogP contribution in [0.25, 0.3) is 0 Å². The van der Waals surface area contributed by atoms with Crippen LogP contribution in [-0.2, 0) is 11.3 Å². The Labute approximate surface area is 144 Å². The highest BCUT2D eigenvalue weighted by molar-refractivity contribution is 5.89. The Morgan fingerprint density at radius 3 is 2.46 bits per heavy atom. The van der Waals surface area contributed by atoms with Crippen molar-refractivity contribution in [3.63, 3.8) is 0 Å². The molecule has 1 aliphatic heterocycles. The van der Waals surface area contributed by atoms with Crippen molar-refractivity contribution in [1.29, 1.82) is 0 Å². The lowest BCUT2D eigenvalue weighted by Gasteiger charge is -2.29. The van der Waals surface area contributed by atoms with Crippen LogP contribution in [0.4, 0.5) is 10.5 Å². The number of benzene rings is 1. The fourth-order valence-corrected chi connectivity index (χ4v) is 3.46. The molecule has 0 spiro atoms. The predicted octanol–water partition coefficient (Wildman–Crippen LogP) is 3.36. The van der Waals surface area contributed by atoms with Crippen molar-refractivity contribution in [3.05, 3.63) is 29.8 Å². The van der Waals surface area contributed by atoms with Gasteiger partial charge in [-0.2, -0.15) is 0 Å². The van der Waals surface area contributed by atoms with Crippen molar-refractivity contribution in [2.45, 2.75) is 57.3 Å². The van der Waals surface area contributed by atoms with Crippen LogP contribution in [0.1, 0.15) is 44.1 Å². The summed E-state index contributed by atoms with van der Waals surface area (Å²) >= 11 is 0. The molecule has 2 aliphatic rings. The molecule has 5 nitrogen and oxygen atoms in total. The lowest BCUT2D eigenvalue weighted by molar-refractivity contribution is 0.0457. The molecule has 132 valence electrons. The first kappa shape index (κ1) is 17.2. The summed E-state index contributed by atoms with van der Waals surface area (Å²) in [5.41, 5.74) is 1.98. The van der Waals surface area contributed by atoms with Crippen LogP contribution in [-0.4, -0.2) is 43.2 Å². The number of hydrogen-bond acceptors (Lipinski definition) is 3. The van der Waals surface area contributed by atoms with Crippen molar-refractivity contribution in [2.75, 3.05) is 25.5 Å². The Bertz CT molecular complexity index is 518. The fourth-order valence-electron chi connectivity index (χ4n) is 3.46. The summed E-state index contributed by atoms with van der Waals surface area (Å²) in [7, 11) is 2.12. The normalized spacial score (nSPS) is 20.2. The SMILES string of the molecule is CN1CCC(NC(=O)Nc2ccc(COC3CCCC3)cc2)CC1. The van der Waals surface area contributed by atoms with Crippen molar-refractivity contribution < 1.29 is 9.53 Å². The Hall–Kier alpha value is -1.59. The molecule has 0 aromatic heterocycles. The van der Waals surface area contributed by atoms with Crippen molar-refractivity contribution >= 4 is 11.7 Å². The van der Waals surface area contributed by atoms with Gasteiger partial charge in [-0.25, -0.2) is 4.79 Å². The van der Waals surface area contributed by atoms with E-state index in [9.17, 15) is 4.79 Å². The number of nitrogens with zero attached hydrogens (tertiary/aromatic N) is 1. The maximum Gasteiger partial charge on any atom is 0.319 e. The van der Waals surface area contributed by atoms with E-state index in [-0.39, 0.29) is 12.1 Å². The third-order valence-electron chi connectivity index (χ3n) is 5.05. The summed E-state index contributed by atoms with van der Waals surface area (Å²) in [5.74, 6) is 0. The number of ether oxygens (including phenoxy) is 1. The van der Waals surface area contributed by atoms with Crippen molar-refractivity contribution in [1.82, 2.24) is 10.2 Å². The summed E-state index contributed by atoms with van der Waals surface area (Å²) in [6, 6.07) is 8.11. The van der Waals surface area contributed by atoms with Gasteiger partial charge in [0.1, 0.15) is 0 Å². The predicted molar refractivity (Wildman–Crippen MR) is 96.2 cm³/mol. The zero-order valence-electron chi connectivity index (χ0n) is 14.6. The van der Waals surface area contributed by atoms with Crippen molar-refractivity contribution in [2.24, 2.45) is 0 Å². The minimum Gasteiger partial charge on any atom is -0.374 e. The standard InChI is InChI=1S/C19H29N3O2/c1-22-12-10-17(11-13-22)21-19(23)20-16-8-6-15(7-9-16)14-24-18-4-2-3-5-18/h6-9,17-18H,2-5,10-14H2,1H3,(H2,20,21,23). The van der Waals surface area contributed by atoms with Crippen LogP contribution >= 0.6 is 0 Å². The monoisotopic (exact) mass is 331 g/mol. The van der Waals surface area contributed by atoms with E-state index in [1.165, 1.54) is 25.7 Å². The summed E-state index contributed by atoms with van der Waals surface area (Å²) in [5, 5.41) is 5.98. The fraction of sp³-hybridized carbons (Fsp3) is 0.632. The number of nitrogens with one attached hydrogen (secondary N) is 2. The minimum absolute atomic E-state index is 0.112. The van der Waals surface area contributed by atoms with Gasteiger partial charge in [-0.3, -0.25) is 0 Å². The summed E-state index contributed by atoms with van der Waals surface area (Å²) < 4.78 is 5.92. The Kier molecular flexibility index (Phi) is 6.10. The second-order valence-corrected chi connectivity index (χ2v) is 7.09. The van der Waals surface area contributed by atoms with E-state index in [2.05, 4.69) is 22.6 Å². The molecular formula is C19H29N3O2. The lowest BCUT2D eigenvalue weighted by Crippen LogP contribution is -2.44. The van der Waals surface area contributed by atoms with Crippen LogP contribution < -0.4 is 10.6 Å². The molecular weight excluding hydrogens is 302 g/mol. The molecule has 0 radical (unpaired) electrons. The maximum atomic E-state index is 12.1. The van der Waals surface area contributed by atoms with Gasteiger partial charge in [0.25, 0.3) is 0 Å². The van der Waals surface area contributed by atoms with E-state index < -0.39 is 0 Å². The van der Waals surface area contributed by atoms with Gasteiger partial charge < -0.3 is 20.3 Å². The summed E-state index contributed by atoms with van der Waals surface area (Å²) in [6.07, 6.45) is 7.43. The minimum atomic E-state index is -0.112. The van der Waals surface area contributed by atoms with Gasteiger partial charge in [-0.15, -0.1) is 0 Å². The van der Waals surface area contributed by atoms with E-state index >= 15 is 0 Å². The first-order valence-electron chi connectivity index (χ1n) is 9.15. The highest BCUT2D eigenvalue weighted by Crippen LogP contribution is 2.22. The van der Waals surface area contributed by atoms with E-state index in [1.807, 2.05) is 24.3 Å². The number of likely N-dealkylation sites (tertiary alicyclic amines) is 1. The number of amides is 2. The van der Waals surface area contributed by atoms with Crippen LogP contribution in [0, 0.1) is 0 Å². The number of carbonyl (C=O) groups excluding carboxylic acids is 1. The van der Waals surface area contributed by atoms with Crippen LogP contribution in [0.3, 0.4) is 0 Å². The molecule has 2 fully saturated rings. The topological polar surface area (TPSA) is 53.6 Å². The molecule has 0 bridgehead atoms. The number of rotatable bonds is 5. The second-order valence-electron chi connectivity index (χ2n) is 7.09. The molecule has 1 saturated carbocycles. The molecule has 0 atom stereocenters. The van der Waals surface area contributed by atoms with E-state index in [0.29, 0.717) is 12.7 Å². The number of carbonyl (C=O) groups is 1. The van der Waals surface area contributed by atoms with Gasteiger partial charge in [-0.05, 0) is 63.5 Å². The summed E-state index contributed by atoms with van der Waals surface area (Å²) in [4.78, 5) is 14.4. The molecule has 2 amide bonds. The molecule has 1 heterocycles. The molecule has 1 aromatic carbocycles. The average Bonchev–Trinajstić information content (AvgIpc) is 3.10. The van der Waals surface area contributed by atoms with Crippen molar-refractivity contribution in [3.8, 4) is 0 Å². The third kappa shape index (κ3) is 5.21. The van der Waals surface area contributed by atoms with E-state index in [4.69, 9.17) is 4.74 Å². The van der Waals surface area contributed by atoms with E-state index in [0.717, 1.165) is 37.2 Å². The quantitative estimate of drug-likeness (QED) is 0.870. The largest absolute Gasteiger partial charge is 0.374 e. The van der Waals surface area contributed by atoms with Crippen LogP contribution in [0.5, 0.6) is 0 Å². The Morgan fingerprint density at radius 2 is 1.79 bits per heavy atom. The van der Waals surface area contributed by atoms with Gasteiger partial charge in [-0.1, -0.05) is 25.0 Å². The number of anilines is 1. The average molecular weight is 331 g/mol. The lowest BCUT2D eigenvalue weighted by atomic mass is 10.1. The smallest absolute Gasteiger partial charge is 0.319 e. The molecule has 3 rings (SSSR count). The Morgan fingerprint density at radius 1 is 1.12 bits per heavy atom. The van der Waals surface area contributed by atoms with Gasteiger partial charge in [0.15, 0.2) is 0 Å². The molecule has 2 N–H and O–H groups in total. The molecule has 1 aliphatic carbocycles. The van der Waals surface area contributed by atoms with Gasteiger partial charge >= 0.3 is 6.03 Å². The van der Waals surface area contributed by atoms with Gasteiger partial charge in [0.05, 0.1) is 12.7 Å². The molecule has 1 saturated heterocycles. The number of hydrogen-bond donors (Lipinski definition) is 2. The number of urea groups is 1. The molecule has 5 heteroatoms. The Balaban J connectivity index is 1.40.